The van der Waals surface area contributed by atoms with Crippen LogP contribution in [0.2, 0.25) is 5.02 Å². The van der Waals surface area contributed by atoms with Crippen LogP contribution in [0.15, 0.2) is 18.2 Å². The first-order chi connectivity index (χ1) is 11.8. The Hall–Kier alpha value is -0.520. The predicted molar refractivity (Wildman–Crippen MR) is 105 cm³/mol. The molecule has 0 bridgehead atoms. The van der Waals surface area contributed by atoms with Crippen molar-refractivity contribution in [2.45, 2.75) is 31.8 Å². The molecule has 2 heterocycles. The minimum absolute atomic E-state index is 0. The van der Waals surface area contributed by atoms with Crippen LogP contribution >= 0.6 is 24.0 Å². The average Bonchev–Trinajstić information content (AvgIpc) is 3.32. The number of nitrogens with zero attached hydrogens (tertiary/aromatic N) is 2. The highest BCUT2D eigenvalue weighted by molar-refractivity contribution is 6.30. The van der Waals surface area contributed by atoms with Gasteiger partial charge in [-0.15, -0.1) is 12.4 Å². The molecule has 1 N–H and O–H groups in total. The average molecular weight is 386 g/mol. The zero-order chi connectivity index (χ0) is 16.4. The van der Waals surface area contributed by atoms with E-state index in [1.54, 1.807) is 0 Å². The number of benzene rings is 1. The van der Waals surface area contributed by atoms with Gasteiger partial charge in [0.05, 0.1) is 6.61 Å². The number of halogens is 2. The third-order valence-electron chi connectivity index (χ3n) is 5.50. The van der Waals surface area contributed by atoms with Crippen molar-refractivity contribution in [1.82, 2.24) is 15.1 Å². The van der Waals surface area contributed by atoms with Gasteiger partial charge in [0.2, 0.25) is 0 Å². The SMILES string of the molecule is Cl.Clc1ccc(OCC2CC2)c(CN2CCC(N3CCNCC3)C2)c1. The number of hydrogen-bond acceptors (Lipinski definition) is 4. The van der Waals surface area contributed by atoms with Crippen LogP contribution in [0.25, 0.3) is 0 Å². The number of rotatable bonds is 6. The molecular weight excluding hydrogens is 357 g/mol. The zero-order valence-electron chi connectivity index (χ0n) is 14.8. The summed E-state index contributed by atoms with van der Waals surface area (Å²) in [5.74, 6) is 1.80. The molecule has 1 aromatic carbocycles. The van der Waals surface area contributed by atoms with E-state index in [9.17, 15) is 0 Å². The Kier molecular flexibility index (Phi) is 6.86. The molecule has 1 unspecified atom stereocenters. The first-order valence-electron chi connectivity index (χ1n) is 9.36. The molecule has 0 amide bonds. The minimum Gasteiger partial charge on any atom is -0.493 e. The fourth-order valence-corrected chi connectivity index (χ4v) is 4.04. The second-order valence-electron chi connectivity index (χ2n) is 7.47. The van der Waals surface area contributed by atoms with Gasteiger partial charge in [-0.25, -0.2) is 0 Å². The molecule has 25 heavy (non-hydrogen) atoms. The maximum absolute atomic E-state index is 6.24. The van der Waals surface area contributed by atoms with Crippen molar-refractivity contribution in [2.75, 3.05) is 45.9 Å². The highest BCUT2D eigenvalue weighted by Gasteiger charge is 2.29. The first kappa shape index (κ1) is 19.2. The molecule has 1 aliphatic carbocycles. The monoisotopic (exact) mass is 385 g/mol. The summed E-state index contributed by atoms with van der Waals surface area (Å²) in [7, 11) is 0. The highest BCUT2D eigenvalue weighted by atomic mass is 35.5. The summed E-state index contributed by atoms with van der Waals surface area (Å²) in [5, 5.41) is 4.25. The Bertz CT molecular complexity index is 562. The minimum atomic E-state index is 0. The molecule has 2 aliphatic heterocycles. The second kappa shape index (κ2) is 8.92. The number of hydrogen-bond donors (Lipinski definition) is 1. The van der Waals surface area contributed by atoms with Crippen LogP contribution in [0.4, 0.5) is 0 Å². The van der Waals surface area contributed by atoms with Gasteiger partial charge in [0.1, 0.15) is 5.75 Å². The maximum atomic E-state index is 6.24. The van der Waals surface area contributed by atoms with Gasteiger partial charge in [0.25, 0.3) is 0 Å². The molecule has 0 radical (unpaired) electrons. The molecule has 4 nitrogen and oxygen atoms in total. The van der Waals surface area contributed by atoms with Crippen LogP contribution in [-0.4, -0.2) is 61.7 Å². The Labute approximate surface area is 162 Å². The van der Waals surface area contributed by atoms with Gasteiger partial charge in [-0.05, 0) is 43.4 Å². The summed E-state index contributed by atoms with van der Waals surface area (Å²) in [4.78, 5) is 5.21. The van der Waals surface area contributed by atoms with Crippen LogP contribution in [-0.2, 0) is 6.54 Å². The van der Waals surface area contributed by atoms with Crippen molar-refractivity contribution in [3.05, 3.63) is 28.8 Å². The van der Waals surface area contributed by atoms with Crippen molar-refractivity contribution in [1.29, 1.82) is 0 Å². The smallest absolute Gasteiger partial charge is 0.123 e. The topological polar surface area (TPSA) is 27.7 Å². The third-order valence-corrected chi connectivity index (χ3v) is 5.74. The Morgan fingerprint density at radius 1 is 1.12 bits per heavy atom. The molecule has 1 saturated carbocycles. The molecule has 0 aromatic heterocycles. The molecule has 1 atom stereocenters. The van der Waals surface area contributed by atoms with Crippen LogP contribution in [0.5, 0.6) is 5.75 Å². The lowest BCUT2D eigenvalue weighted by Crippen LogP contribution is -2.49. The molecule has 0 spiro atoms. The van der Waals surface area contributed by atoms with E-state index in [0.717, 1.165) is 49.5 Å². The van der Waals surface area contributed by atoms with E-state index in [1.807, 2.05) is 12.1 Å². The Balaban J connectivity index is 0.00000182. The van der Waals surface area contributed by atoms with Gasteiger partial charge in [-0.2, -0.15) is 0 Å². The number of ether oxygens (including phenoxy) is 1. The fourth-order valence-electron chi connectivity index (χ4n) is 3.85. The van der Waals surface area contributed by atoms with E-state index in [2.05, 4.69) is 21.2 Å². The van der Waals surface area contributed by atoms with E-state index in [1.165, 1.54) is 44.5 Å². The van der Waals surface area contributed by atoms with Crippen molar-refractivity contribution in [2.24, 2.45) is 5.92 Å². The Morgan fingerprint density at radius 2 is 1.92 bits per heavy atom. The lowest BCUT2D eigenvalue weighted by Gasteiger charge is -2.32. The molecule has 1 aromatic rings. The molecule has 6 heteroatoms. The molecule has 140 valence electrons. The lowest BCUT2D eigenvalue weighted by atomic mass is 10.2. The van der Waals surface area contributed by atoms with Gasteiger partial charge in [-0.1, -0.05) is 11.6 Å². The number of piperazine rings is 1. The largest absolute Gasteiger partial charge is 0.493 e. The molecule has 4 rings (SSSR count). The quantitative estimate of drug-likeness (QED) is 0.814. The Morgan fingerprint density at radius 3 is 2.68 bits per heavy atom. The van der Waals surface area contributed by atoms with E-state index in [4.69, 9.17) is 16.3 Å². The van der Waals surface area contributed by atoms with Gasteiger partial charge >= 0.3 is 0 Å². The summed E-state index contributed by atoms with van der Waals surface area (Å²) < 4.78 is 6.07. The van der Waals surface area contributed by atoms with Gasteiger partial charge in [0, 0.05) is 62.4 Å². The second-order valence-corrected chi connectivity index (χ2v) is 7.91. The summed E-state index contributed by atoms with van der Waals surface area (Å²) in [6.45, 7) is 8.77. The van der Waals surface area contributed by atoms with Crippen LogP contribution < -0.4 is 10.1 Å². The van der Waals surface area contributed by atoms with Crippen LogP contribution in [0.3, 0.4) is 0 Å². The summed E-state index contributed by atoms with van der Waals surface area (Å²) >= 11 is 6.24. The molecular formula is C19H29Cl2N3O. The predicted octanol–water partition coefficient (Wildman–Crippen LogP) is 3.03. The van der Waals surface area contributed by atoms with Crippen molar-refractivity contribution < 1.29 is 4.74 Å². The summed E-state index contributed by atoms with van der Waals surface area (Å²) in [5.41, 5.74) is 1.24. The van der Waals surface area contributed by atoms with Gasteiger partial charge < -0.3 is 10.1 Å². The van der Waals surface area contributed by atoms with Gasteiger partial charge in [0.15, 0.2) is 0 Å². The van der Waals surface area contributed by atoms with Crippen molar-refractivity contribution in [3.8, 4) is 5.75 Å². The van der Waals surface area contributed by atoms with Crippen molar-refractivity contribution in [3.63, 3.8) is 0 Å². The number of nitrogens with one attached hydrogen (secondary N) is 1. The molecule has 3 fully saturated rings. The number of likely N-dealkylation sites (tertiary alicyclic amines) is 1. The summed E-state index contributed by atoms with van der Waals surface area (Å²) in [6.07, 6.45) is 3.92. The zero-order valence-corrected chi connectivity index (χ0v) is 16.3. The van der Waals surface area contributed by atoms with E-state index < -0.39 is 0 Å². The lowest BCUT2D eigenvalue weighted by molar-refractivity contribution is 0.170. The molecule has 2 saturated heterocycles. The fraction of sp³-hybridized carbons (Fsp3) is 0.684. The normalized spacial score (nSPS) is 24.9. The standard InChI is InChI=1S/C19H28ClN3O.ClH/c20-17-3-4-19(24-14-15-1-2-15)16(11-17)12-22-8-5-18(13-22)23-9-6-21-7-10-23;/h3-4,11,15,18,21H,1-2,5-10,12-14H2;1H. The van der Waals surface area contributed by atoms with Gasteiger partial charge in [-0.3, -0.25) is 9.80 Å². The highest BCUT2D eigenvalue weighted by Crippen LogP contribution is 2.32. The first-order valence-corrected chi connectivity index (χ1v) is 9.74. The van der Waals surface area contributed by atoms with Crippen LogP contribution in [0, 0.1) is 5.92 Å². The van der Waals surface area contributed by atoms with E-state index in [0.29, 0.717) is 6.04 Å². The third kappa shape index (κ3) is 5.24. The molecule has 3 aliphatic rings. The summed E-state index contributed by atoms with van der Waals surface area (Å²) in [6, 6.07) is 6.79. The van der Waals surface area contributed by atoms with Crippen molar-refractivity contribution >= 4 is 24.0 Å². The maximum Gasteiger partial charge on any atom is 0.123 e. The van der Waals surface area contributed by atoms with E-state index >= 15 is 0 Å². The van der Waals surface area contributed by atoms with Crippen LogP contribution in [0.1, 0.15) is 24.8 Å². The van der Waals surface area contributed by atoms with E-state index in [-0.39, 0.29) is 12.4 Å².